The maximum atomic E-state index is 5.76. The predicted octanol–water partition coefficient (Wildman–Crippen LogP) is 5.19. The molecule has 3 aromatic rings. The molecule has 0 spiro atoms. The molecule has 0 heterocycles. The molecule has 0 amide bonds. The van der Waals surface area contributed by atoms with E-state index in [1.165, 1.54) is 5.56 Å². The first kappa shape index (κ1) is 14.0. The summed E-state index contributed by atoms with van der Waals surface area (Å²) < 4.78 is 5.76. The van der Waals surface area contributed by atoms with Crippen LogP contribution in [0.2, 0.25) is 0 Å². The van der Waals surface area contributed by atoms with Gasteiger partial charge in [0.25, 0.3) is 0 Å². The first-order valence-electron chi connectivity index (χ1n) is 7.21. The Bertz CT molecular complexity index is 789. The Hall–Kier alpha value is -2.98. The molecule has 0 fully saturated rings. The van der Waals surface area contributed by atoms with Crippen LogP contribution in [0.5, 0.6) is 11.5 Å². The Kier molecular flexibility index (Phi) is 4.22. The van der Waals surface area contributed by atoms with Gasteiger partial charge in [0.05, 0.1) is 0 Å². The SMILES string of the molecule is Cc1ccc(C#Cc2ccc(Oc3ccccc3)cc2)cc1. The largest absolute Gasteiger partial charge is 0.457 e. The average Bonchev–Trinajstić information content (AvgIpc) is 2.57. The number of benzene rings is 3. The number of rotatable bonds is 2. The minimum atomic E-state index is 0.812. The van der Waals surface area contributed by atoms with E-state index in [0.29, 0.717) is 0 Å². The van der Waals surface area contributed by atoms with Crippen LogP contribution in [-0.2, 0) is 0 Å². The lowest BCUT2D eigenvalue weighted by Gasteiger charge is -2.04. The van der Waals surface area contributed by atoms with Crippen molar-refractivity contribution in [3.8, 4) is 23.3 Å². The third-order valence-corrected chi connectivity index (χ3v) is 3.24. The maximum Gasteiger partial charge on any atom is 0.127 e. The van der Waals surface area contributed by atoms with E-state index in [1.807, 2.05) is 66.7 Å². The van der Waals surface area contributed by atoms with Crippen LogP contribution >= 0.6 is 0 Å². The lowest BCUT2D eigenvalue weighted by atomic mass is 10.1. The van der Waals surface area contributed by atoms with Gasteiger partial charge in [-0.3, -0.25) is 0 Å². The molecule has 3 aromatic carbocycles. The molecule has 1 nitrogen and oxygen atoms in total. The Labute approximate surface area is 131 Å². The third kappa shape index (κ3) is 3.77. The van der Waals surface area contributed by atoms with Crippen LogP contribution < -0.4 is 4.74 Å². The van der Waals surface area contributed by atoms with E-state index in [4.69, 9.17) is 4.74 Å². The van der Waals surface area contributed by atoms with Crippen LogP contribution in [0.25, 0.3) is 0 Å². The zero-order chi connectivity index (χ0) is 15.2. The molecule has 0 aliphatic heterocycles. The van der Waals surface area contributed by atoms with Crippen LogP contribution in [0, 0.1) is 18.8 Å². The van der Waals surface area contributed by atoms with Gasteiger partial charge in [0.15, 0.2) is 0 Å². The van der Waals surface area contributed by atoms with Crippen molar-refractivity contribution in [3.05, 3.63) is 95.6 Å². The van der Waals surface area contributed by atoms with Crippen LogP contribution in [0.3, 0.4) is 0 Å². The van der Waals surface area contributed by atoms with Gasteiger partial charge < -0.3 is 4.74 Å². The summed E-state index contributed by atoms with van der Waals surface area (Å²) in [5.41, 5.74) is 3.24. The fraction of sp³-hybridized carbons (Fsp3) is 0.0476. The first-order chi connectivity index (χ1) is 10.8. The van der Waals surface area contributed by atoms with E-state index in [2.05, 4.69) is 30.9 Å². The molecule has 0 N–H and O–H groups in total. The predicted molar refractivity (Wildman–Crippen MR) is 90.1 cm³/mol. The number of ether oxygens (including phenoxy) is 1. The second kappa shape index (κ2) is 6.65. The minimum absolute atomic E-state index is 0.812. The Morgan fingerprint density at radius 1 is 0.591 bits per heavy atom. The molecule has 0 aromatic heterocycles. The molecule has 0 unspecified atom stereocenters. The zero-order valence-electron chi connectivity index (χ0n) is 12.4. The molecule has 3 rings (SSSR count). The number of para-hydroxylation sites is 1. The fourth-order valence-electron chi connectivity index (χ4n) is 2.01. The van der Waals surface area contributed by atoms with Gasteiger partial charge in [-0.2, -0.15) is 0 Å². The second-order valence-corrected chi connectivity index (χ2v) is 5.06. The van der Waals surface area contributed by atoms with Crippen LogP contribution in [-0.4, -0.2) is 0 Å². The smallest absolute Gasteiger partial charge is 0.127 e. The molecule has 0 aliphatic carbocycles. The van der Waals surface area contributed by atoms with Gasteiger partial charge in [0.2, 0.25) is 0 Å². The summed E-state index contributed by atoms with van der Waals surface area (Å²) in [6.45, 7) is 2.07. The highest BCUT2D eigenvalue weighted by atomic mass is 16.5. The van der Waals surface area contributed by atoms with Crippen LogP contribution in [0.1, 0.15) is 16.7 Å². The topological polar surface area (TPSA) is 9.23 Å². The van der Waals surface area contributed by atoms with E-state index in [0.717, 1.165) is 22.6 Å². The number of hydrogen-bond acceptors (Lipinski definition) is 1. The molecule has 0 saturated heterocycles. The normalized spacial score (nSPS) is 9.68. The van der Waals surface area contributed by atoms with Crippen molar-refractivity contribution >= 4 is 0 Å². The van der Waals surface area contributed by atoms with Crippen molar-refractivity contribution in [1.82, 2.24) is 0 Å². The van der Waals surface area contributed by atoms with Crippen LogP contribution in [0.15, 0.2) is 78.9 Å². The summed E-state index contributed by atoms with van der Waals surface area (Å²) in [5.74, 6) is 7.98. The van der Waals surface area contributed by atoms with E-state index in [9.17, 15) is 0 Å². The van der Waals surface area contributed by atoms with Crippen molar-refractivity contribution in [2.24, 2.45) is 0 Å². The minimum Gasteiger partial charge on any atom is -0.457 e. The summed E-state index contributed by atoms with van der Waals surface area (Å²) in [6.07, 6.45) is 0. The summed E-state index contributed by atoms with van der Waals surface area (Å²) in [4.78, 5) is 0. The van der Waals surface area contributed by atoms with Crippen molar-refractivity contribution in [2.45, 2.75) is 6.92 Å². The maximum absolute atomic E-state index is 5.76. The van der Waals surface area contributed by atoms with Gasteiger partial charge in [-0.05, 0) is 55.5 Å². The molecule has 106 valence electrons. The second-order valence-electron chi connectivity index (χ2n) is 5.06. The van der Waals surface area contributed by atoms with Crippen molar-refractivity contribution in [2.75, 3.05) is 0 Å². The summed E-state index contributed by atoms with van der Waals surface area (Å²) >= 11 is 0. The molecule has 0 saturated carbocycles. The summed E-state index contributed by atoms with van der Waals surface area (Å²) in [7, 11) is 0. The standard InChI is InChI=1S/C21H16O/c1-17-7-9-18(10-8-17)11-12-19-13-15-21(16-14-19)22-20-5-3-2-4-6-20/h2-10,13-16H,1H3. The quantitative estimate of drug-likeness (QED) is 0.589. The molecule has 0 bridgehead atoms. The first-order valence-corrected chi connectivity index (χ1v) is 7.21. The lowest BCUT2D eigenvalue weighted by Crippen LogP contribution is -1.83. The molecular weight excluding hydrogens is 268 g/mol. The lowest BCUT2D eigenvalue weighted by molar-refractivity contribution is 0.482. The zero-order valence-corrected chi connectivity index (χ0v) is 12.4. The Balaban J connectivity index is 1.71. The van der Waals surface area contributed by atoms with E-state index in [1.54, 1.807) is 0 Å². The monoisotopic (exact) mass is 284 g/mol. The number of aryl methyl sites for hydroxylation is 1. The van der Waals surface area contributed by atoms with Crippen molar-refractivity contribution in [3.63, 3.8) is 0 Å². The van der Waals surface area contributed by atoms with Gasteiger partial charge in [-0.1, -0.05) is 47.7 Å². The van der Waals surface area contributed by atoms with Crippen LogP contribution in [0.4, 0.5) is 0 Å². The van der Waals surface area contributed by atoms with E-state index in [-0.39, 0.29) is 0 Å². The average molecular weight is 284 g/mol. The highest BCUT2D eigenvalue weighted by Gasteiger charge is 1.96. The Morgan fingerprint density at radius 2 is 1.09 bits per heavy atom. The molecule has 0 aliphatic rings. The number of hydrogen-bond donors (Lipinski definition) is 0. The fourth-order valence-corrected chi connectivity index (χ4v) is 2.01. The molecule has 22 heavy (non-hydrogen) atoms. The third-order valence-electron chi connectivity index (χ3n) is 3.24. The van der Waals surface area contributed by atoms with Gasteiger partial charge in [0, 0.05) is 11.1 Å². The van der Waals surface area contributed by atoms with Gasteiger partial charge in [0.1, 0.15) is 11.5 Å². The molecule has 0 radical (unpaired) electrons. The highest BCUT2D eigenvalue weighted by Crippen LogP contribution is 2.20. The van der Waals surface area contributed by atoms with Crippen molar-refractivity contribution < 1.29 is 4.74 Å². The van der Waals surface area contributed by atoms with Gasteiger partial charge in [-0.25, -0.2) is 0 Å². The van der Waals surface area contributed by atoms with Gasteiger partial charge >= 0.3 is 0 Å². The Morgan fingerprint density at radius 3 is 1.68 bits per heavy atom. The molecular formula is C21H16O. The summed E-state index contributed by atoms with van der Waals surface area (Å²) in [6, 6.07) is 25.8. The highest BCUT2D eigenvalue weighted by molar-refractivity contribution is 5.45. The molecule has 0 atom stereocenters. The molecule has 1 heteroatoms. The van der Waals surface area contributed by atoms with E-state index < -0.39 is 0 Å². The van der Waals surface area contributed by atoms with Gasteiger partial charge in [-0.15, -0.1) is 0 Å². The van der Waals surface area contributed by atoms with E-state index >= 15 is 0 Å². The summed E-state index contributed by atoms with van der Waals surface area (Å²) in [5, 5.41) is 0. The van der Waals surface area contributed by atoms with Crippen molar-refractivity contribution in [1.29, 1.82) is 0 Å².